The van der Waals surface area contributed by atoms with Gasteiger partial charge in [-0.25, -0.2) is 0 Å². The van der Waals surface area contributed by atoms with E-state index in [0.717, 1.165) is 11.7 Å². The summed E-state index contributed by atoms with van der Waals surface area (Å²) < 4.78 is 0. The van der Waals surface area contributed by atoms with Crippen molar-refractivity contribution in [2.75, 3.05) is 5.75 Å². The number of hydrogen-bond acceptors (Lipinski definition) is 2. The average molecular weight is 203 g/mol. The minimum atomic E-state index is 0.400. The lowest BCUT2D eigenvalue weighted by molar-refractivity contribution is 0.423. The van der Waals surface area contributed by atoms with Gasteiger partial charge in [0.1, 0.15) is 0 Å². The van der Waals surface area contributed by atoms with Gasteiger partial charge >= 0.3 is 0 Å². The molecule has 0 saturated carbocycles. The van der Waals surface area contributed by atoms with E-state index in [1.165, 1.54) is 19.3 Å². The second-order valence-corrected chi connectivity index (χ2v) is 5.67. The first kappa shape index (κ1) is 13.3. The normalized spacial score (nSPS) is 14.1. The van der Waals surface area contributed by atoms with Crippen LogP contribution in [0, 0.1) is 5.92 Å². The van der Waals surface area contributed by atoms with Crippen LogP contribution in [0.1, 0.15) is 47.0 Å². The van der Waals surface area contributed by atoms with E-state index in [0.29, 0.717) is 11.3 Å². The molecule has 1 unspecified atom stereocenters. The molecule has 0 aromatic rings. The smallest absolute Gasteiger partial charge is 0.0133 e. The second-order valence-electron chi connectivity index (χ2n) is 4.06. The van der Waals surface area contributed by atoms with Crippen LogP contribution in [-0.2, 0) is 0 Å². The summed E-state index contributed by atoms with van der Waals surface area (Å²) in [7, 11) is 0. The molecule has 80 valence electrons. The fourth-order valence-corrected chi connectivity index (χ4v) is 2.20. The summed E-state index contributed by atoms with van der Waals surface area (Å²) in [5, 5.41) is 0.716. The Morgan fingerprint density at radius 1 is 1.15 bits per heavy atom. The van der Waals surface area contributed by atoms with Gasteiger partial charge in [-0.1, -0.05) is 40.5 Å². The lowest BCUT2D eigenvalue weighted by Gasteiger charge is -2.18. The molecular formula is C11H25NS. The van der Waals surface area contributed by atoms with Gasteiger partial charge in [-0.2, -0.15) is 11.8 Å². The molecule has 0 radical (unpaired) electrons. The highest BCUT2D eigenvalue weighted by atomic mass is 32.2. The van der Waals surface area contributed by atoms with Gasteiger partial charge in [-0.05, 0) is 17.6 Å². The average Bonchev–Trinajstić information content (AvgIpc) is 2.10. The number of nitrogens with two attached hydrogens (primary N) is 1. The molecule has 1 atom stereocenters. The van der Waals surface area contributed by atoms with E-state index >= 15 is 0 Å². The summed E-state index contributed by atoms with van der Waals surface area (Å²) in [6.07, 6.45) is 3.75. The van der Waals surface area contributed by atoms with E-state index in [9.17, 15) is 0 Å². The quantitative estimate of drug-likeness (QED) is 0.687. The predicted molar refractivity (Wildman–Crippen MR) is 64.3 cm³/mol. The molecular weight excluding hydrogens is 178 g/mol. The molecule has 0 aromatic carbocycles. The molecule has 0 aliphatic heterocycles. The zero-order valence-corrected chi connectivity index (χ0v) is 10.4. The summed E-state index contributed by atoms with van der Waals surface area (Å²) in [4.78, 5) is 0. The minimum absolute atomic E-state index is 0.400. The van der Waals surface area contributed by atoms with Crippen LogP contribution in [0.2, 0.25) is 0 Å². The Balaban J connectivity index is 3.53. The van der Waals surface area contributed by atoms with E-state index in [4.69, 9.17) is 5.73 Å². The molecule has 1 nitrogen and oxygen atoms in total. The first-order valence-electron chi connectivity index (χ1n) is 5.47. The number of rotatable bonds is 7. The zero-order chi connectivity index (χ0) is 10.3. The highest BCUT2D eigenvalue weighted by Crippen LogP contribution is 2.18. The van der Waals surface area contributed by atoms with Crippen molar-refractivity contribution < 1.29 is 0 Å². The number of thioether (sulfide) groups is 1. The maximum absolute atomic E-state index is 6.05. The minimum Gasteiger partial charge on any atom is -0.327 e. The van der Waals surface area contributed by atoms with Gasteiger partial charge in [-0.15, -0.1) is 0 Å². The van der Waals surface area contributed by atoms with E-state index in [2.05, 4.69) is 27.7 Å². The van der Waals surface area contributed by atoms with Gasteiger partial charge in [0.15, 0.2) is 0 Å². The Hall–Kier alpha value is 0.310. The zero-order valence-electron chi connectivity index (χ0n) is 9.55. The Labute approximate surface area is 87.9 Å². The monoisotopic (exact) mass is 203 g/mol. The predicted octanol–water partition coefficient (Wildman–Crippen LogP) is 3.28. The first-order chi connectivity index (χ1) is 6.10. The summed E-state index contributed by atoms with van der Waals surface area (Å²) in [6.45, 7) is 8.98. The van der Waals surface area contributed by atoms with Crippen LogP contribution >= 0.6 is 11.8 Å². The van der Waals surface area contributed by atoms with E-state index < -0.39 is 0 Å². The third-order valence-electron chi connectivity index (χ3n) is 2.43. The molecule has 0 fully saturated rings. The van der Waals surface area contributed by atoms with Crippen LogP contribution < -0.4 is 5.73 Å². The molecule has 0 saturated heterocycles. The topological polar surface area (TPSA) is 26.0 Å². The van der Waals surface area contributed by atoms with Crippen LogP contribution in [0.5, 0.6) is 0 Å². The van der Waals surface area contributed by atoms with Gasteiger partial charge in [0.25, 0.3) is 0 Å². The van der Waals surface area contributed by atoms with Crippen molar-refractivity contribution in [3.63, 3.8) is 0 Å². The molecule has 0 spiro atoms. The third kappa shape index (κ3) is 7.39. The van der Waals surface area contributed by atoms with Crippen LogP contribution in [0.4, 0.5) is 0 Å². The molecule has 2 N–H and O–H groups in total. The van der Waals surface area contributed by atoms with Crippen molar-refractivity contribution >= 4 is 11.8 Å². The van der Waals surface area contributed by atoms with Gasteiger partial charge in [-0.3, -0.25) is 0 Å². The Bertz CT molecular complexity index is 111. The lowest BCUT2D eigenvalue weighted by Crippen LogP contribution is -2.26. The Morgan fingerprint density at radius 3 is 2.08 bits per heavy atom. The van der Waals surface area contributed by atoms with Crippen molar-refractivity contribution in [3.8, 4) is 0 Å². The van der Waals surface area contributed by atoms with Crippen molar-refractivity contribution in [2.24, 2.45) is 11.7 Å². The molecule has 0 aliphatic rings. The molecule has 2 heteroatoms. The van der Waals surface area contributed by atoms with Crippen molar-refractivity contribution in [1.29, 1.82) is 0 Å². The van der Waals surface area contributed by atoms with Crippen molar-refractivity contribution in [3.05, 3.63) is 0 Å². The number of hydrogen-bond donors (Lipinski definition) is 1. The van der Waals surface area contributed by atoms with Crippen LogP contribution in [-0.4, -0.2) is 17.0 Å². The maximum atomic E-state index is 6.05. The van der Waals surface area contributed by atoms with E-state index in [1.54, 1.807) is 0 Å². The maximum Gasteiger partial charge on any atom is 0.0133 e. The van der Waals surface area contributed by atoms with Gasteiger partial charge in [0.05, 0.1) is 0 Å². The summed E-state index contributed by atoms with van der Waals surface area (Å²) in [5.74, 6) is 1.96. The molecule has 0 aromatic heterocycles. The van der Waals surface area contributed by atoms with Crippen LogP contribution in [0.3, 0.4) is 0 Å². The van der Waals surface area contributed by atoms with E-state index in [1.807, 2.05) is 11.8 Å². The summed E-state index contributed by atoms with van der Waals surface area (Å²) in [5.41, 5.74) is 6.05. The molecule has 0 amide bonds. The summed E-state index contributed by atoms with van der Waals surface area (Å²) >= 11 is 1.98. The van der Waals surface area contributed by atoms with Gasteiger partial charge in [0, 0.05) is 11.8 Å². The fraction of sp³-hybridized carbons (Fsp3) is 1.00. The van der Waals surface area contributed by atoms with Crippen LogP contribution in [0.25, 0.3) is 0 Å². The van der Waals surface area contributed by atoms with E-state index in [-0.39, 0.29) is 0 Å². The standard InChI is InChI=1S/C11H25NS/c1-5-10(6-2)7-11(12)8-13-9(3)4/h9-11H,5-8,12H2,1-4H3. The second kappa shape index (κ2) is 7.69. The molecule has 13 heavy (non-hydrogen) atoms. The Kier molecular flexibility index (Phi) is 7.87. The molecule has 0 aliphatic carbocycles. The molecule has 0 bridgehead atoms. The highest BCUT2D eigenvalue weighted by Gasteiger charge is 2.10. The van der Waals surface area contributed by atoms with Crippen LogP contribution in [0.15, 0.2) is 0 Å². The Morgan fingerprint density at radius 2 is 1.69 bits per heavy atom. The summed E-state index contributed by atoms with van der Waals surface area (Å²) in [6, 6.07) is 0.400. The highest BCUT2D eigenvalue weighted by molar-refractivity contribution is 7.99. The van der Waals surface area contributed by atoms with Gasteiger partial charge in [0.2, 0.25) is 0 Å². The van der Waals surface area contributed by atoms with Crippen molar-refractivity contribution in [1.82, 2.24) is 0 Å². The molecule has 0 heterocycles. The largest absolute Gasteiger partial charge is 0.327 e. The fourth-order valence-electron chi connectivity index (χ4n) is 1.43. The molecule has 0 rings (SSSR count). The van der Waals surface area contributed by atoms with Gasteiger partial charge < -0.3 is 5.73 Å². The lowest BCUT2D eigenvalue weighted by atomic mass is 9.96. The SMILES string of the molecule is CCC(CC)CC(N)CSC(C)C. The first-order valence-corrected chi connectivity index (χ1v) is 6.52. The third-order valence-corrected chi connectivity index (χ3v) is 3.72. The van der Waals surface area contributed by atoms with Crippen molar-refractivity contribution in [2.45, 2.75) is 58.2 Å².